The van der Waals surface area contributed by atoms with Gasteiger partial charge in [-0.25, -0.2) is 13.4 Å². The summed E-state index contributed by atoms with van der Waals surface area (Å²) in [5.41, 5.74) is -0.230. The first-order chi connectivity index (χ1) is 14.0. The maximum Gasteiger partial charge on any atom is 0.434 e. The van der Waals surface area contributed by atoms with Crippen LogP contribution in [0.25, 0.3) is 11.3 Å². The van der Waals surface area contributed by atoms with Crippen LogP contribution in [0.2, 0.25) is 0 Å². The lowest BCUT2D eigenvalue weighted by molar-refractivity contribution is -0.140. The van der Waals surface area contributed by atoms with E-state index in [1.54, 1.807) is 13.1 Å². The molecule has 0 N–H and O–H groups in total. The molecular formula is C21H30F3N3O2S. The fourth-order valence-corrected chi connectivity index (χ4v) is 2.80. The van der Waals surface area contributed by atoms with E-state index in [0.29, 0.717) is 17.7 Å². The van der Waals surface area contributed by atoms with Gasteiger partial charge in [0.05, 0.1) is 4.90 Å². The minimum Gasteiger partial charge on any atom is -0.299 e. The molecule has 2 aromatic rings. The van der Waals surface area contributed by atoms with Crippen LogP contribution < -0.4 is 0 Å². The fraction of sp³-hybridized carbons (Fsp3) is 0.429. The van der Waals surface area contributed by atoms with Crippen LogP contribution in [0.1, 0.15) is 59.5 Å². The Kier molecular flexibility index (Phi) is 11.3. The van der Waals surface area contributed by atoms with Crippen molar-refractivity contribution < 1.29 is 21.6 Å². The van der Waals surface area contributed by atoms with Crippen LogP contribution in [0.5, 0.6) is 0 Å². The predicted molar refractivity (Wildman–Crippen MR) is 117 cm³/mol. The number of aromatic nitrogens is 2. The molecule has 0 aliphatic heterocycles. The van der Waals surface area contributed by atoms with E-state index in [4.69, 9.17) is 0 Å². The van der Waals surface area contributed by atoms with Crippen LogP contribution >= 0.6 is 0 Å². The highest BCUT2D eigenvalue weighted by Gasteiger charge is 2.35. The molecule has 168 valence electrons. The summed E-state index contributed by atoms with van der Waals surface area (Å²) in [7, 11) is -3.40. The molecule has 1 aromatic carbocycles. The van der Waals surface area contributed by atoms with Crippen molar-refractivity contribution in [1.29, 1.82) is 0 Å². The number of hydrogen-bond donors (Lipinski definition) is 0. The van der Waals surface area contributed by atoms with Gasteiger partial charge < -0.3 is 0 Å². The van der Waals surface area contributed by atoms with E-state index in [1.165, 1.54) is 35.0 Å². The summed E-state index contributed by atoms with van der Waals surface area (Å²) in [6, 6.07) is 5.56. The van der Waals surface area contributed by atoms with Crippen molar-refractivity contribution in [3.63, 3.8) is 0 Å². The van der Waals surface area contributed by atoms with Crippen molar-refractivity contribution in [2.75, 3.05) is 6.26 Å². The number of sulfone groups is 1. The predicted octanol–water partition coefficient (Wildman–Crippen LogP) is 6.19. The van der Waals surface area contributed by atoms with Gasteiger partial charge in [-0.2, -0.15) is 13.2 Å². The van der Waals surface area contributed by atoms with Gasteiger partial charge in [-0.1, -0.05) is 34.6 Å². The van der Waals surface area contributed by atoms with Crippen LogP contribution in [0.15, 0.2) is 46.6 Å². The number of allylic oxidation sites excluding steroid dienone is 1. The summed E-state index contributed by atoms with van der Waals surface area (Å²) in [5, 5.41) is 0. The van der Waals surface area contributed by atoms with Gasteiger partial charge in [-0.05, 0) is 37.6 Å². The monoisotopic (exact) mass is 445 g/mol. The largest absolute Gasteiger partial charge is 0.434 e. The third-order valence-electron chi connectivity index (χ3n) is 3.45. The number of hydrogen-bond acceptors (Lipinski definition) is 4. The lowest BCUT2D eigenvalue weighted by Gasteiger charge is -2.08. The highest BCUT2D eigenvalue weighted by atomic mass is 32.2. The standard InChI is InChI=1S/C17H18F3N3O2S.2C2H6/c1-4-9-21-10-12(2)16-22-15(17(18,19)20)11-23(16)13-5-7-14(8-6-13)26(3,24)25;2*1-2/h5-11H,4H2,1-3H3;2*1-2H3/b12-10+,21-9?;;. The van der Waals surface area contributed by atoms with Gasteiger partial charge in [0.25, 0.3) is 0 Å². The Morgan fingerprint density at radius 3 is 2.10 bits per heavy atom. The summed E-state index contributed by atoms with van der Waals surface area (Å²) in [4.78, 5) is 7.79. The highest BCUT2D eigenvalue weighted by Crippen LogP contribution is 2.31. The molecule has 0 radical (unpaired) electrons. The number of halogens is 3. The topological polar surface area (TPSA) is 64.3 Å². The molecule has 0 spiro atoms. The molecule has 0 unspecified atom stereocenters. The second-order valence-electron chi connectivity index (χ2n) is 5.64. The summed E-state index contributed by atoms with van der Waals surface area (Å²) < 4.78 is 63.6. The highest BCUT2D eigenvalue weighted by molar-refractivity contribution is 7.90. The van der Waals surface area contributed by atoms with E-state index in [2.05, 4.69) is 9.98 Å². The first-order valence-electron chi connectivity index (χ1n) is 9.70. The molecule has 1 aromatic heterocycles. The Morgan fingerprint density at radius 2 is 1.67 bits per heavy atom. The molecular weight excluding hydrogens is 415 g/mol. The zero-order valence-electron chi connectivity index (χ0n) is 18.4. The van der Waals surface area contributed by atoms with Crippen LogP contribution in [0.4, 0.5) is 13.2 Å². The Bertz CT molecular complexity index is 943. The number of aliphatic imine (C=N–C) groups is 1. The average Bonchev–Trinajstić information content (AvgIpc) is 3.17. The molecule has 0 fully saturated rings. The SMILES string of the molecule is CC.CC.CCC=N/C=C(\C)c1nc(C(F)(F)F)cn1-c1ccc(S(C)(=O)=O)cc1. The van der Waals surface area contributed by atoms with Gasteiger partial charge in [0, 0.05) is 36.1 Å². The molecule has 5 nitrogen and oxygen atoms in total. The summed E-state index contributed by atoms with van der Waals surface area (Å²) >= 11 is 0. The van der Waals surface area contributed by atoms with Gasteiger partial charge in [0.2, 0.25) is 0 Å². The first kappa shape index (κ1) is 27.6. The molecule has 0 aliphatic rings. The van der Waals surface area contributed by atoms with Crippen molar-refractivity contribution in [1.82, 2.24) is 9.55 Å². The Balaban J connectivity index is 0.00000198. The van der Waals surface area contributed by atoms with E-state index >= 15 is 0 Å². The van der Waals surface area contributed by atoms with Gasteiger partial charge in [0.1, 0.15) is 5.82 Å². The number of imidazole rings is 1. The molecule has 30 heavy (non-hydrogen) atoms. The summed E-state index contributed by atoms with van der Waals surface area (Å²) in [6.45, 7) is 11.5. The Morgan fingerprint density at radius 1 is 1.13 bits per heavy atom. The number of nitrogens with zero attached hydrogens (tertiary/aromatic N) is 3. The minimum atomic E-state index is -4.60. The van der Waals surface area contributed by atoms with Crippen LogP contribution in [0, 0.1) is 0 Å². The first-order valence-corrected chi connectivity index (χ1v) is 11.6. The minimum absolute atomic E-state index is 0.0812. The lowest BCUT2D eigenvalue weighted by Crippen LogP contribution is -2.05. The zero-order chi connectivity index (χ0) is 23.5. The fourth-order valence-electron chi connectivity index (χ4n) is 2.17. The van der Waals surface area contributed by atoms with Gasteiger partial charge in [-0.3, -0.25) is 9.56 Å². The average molecular weight is 446 g/mol. The van der Waals surface area contributed by atoms with Crippen molar-refractivity contribution in [2.45, 2.75) is 59.0 Å². The van der Waals surface area contributed by atoms with Gasteiger partial charge in [-0.15, -0.1) is 0 Å². The molecule has 9 heteroatoms. The summed E-state index contributed by atoms with van der Waals surface area (Å²) in [6.07, 6.45) is 1.10. The molecule has 0 saturated carbocycles. The molecule has 0 saturated heterocycles. The molecule has 2 rings (SSSR count). The lowest BCUT2D eigenvalue weighted by atomic mass is 10.2. The maximum absolute atomic E-state index is 13.1. The normalized spacial score (nSPS) is 12.1. The van der Waals surface area contributed by atoms with Crippen molar-refractivity contribution >= 4 is 21.6 Å². The van der Waals surface area contributed by atoms with Crippen LogP contribution in [0.3, 0.4) is 0 Å². The van der Waals surface area contributed by atoms with Crippen molar-refractivity contribution in [3.05, 3.63) is 48.2 Å². The second-order valence-corrected chi connectivity index (χ2v) is 7.65. The third-order valence-corrected chi connectivity index (χ3v) is 4.58. The quantitative estimate of drug-likeness (QED) is 0.516. The second kappa shape index (κ2) is 12.3. The third kappa shape index (κ3) is 7.78. The maximum atomic E-state index is 13.1. The number of rotatable bonds is 5. The number of alkyl halides is 3. The van der Waals surface area contributed by atoms with E-state index in [1.807, 2.05) is 34.6 Å². The van der Waals surface area contributed by atoms with E-state index < -0.39 is 21.7 Å². The Hall–Kier alpha value is -2.42. The van der Waals surface area contributed by atoms with Crippen LogP contribution in [-0.2, 0) is 16.0 Å². The van der Waals surface area contributed by atoms with Crippen molar-refractivity contribution in [2.24, 2.45) is 4.99 Å². The van der Waals surface area contributed by atoms with Crippen molar-refractivity contribution in [3.8, 4) is 5.69 Å². The smallest absolute Gasteiger partial charge is 0.299 e. The van der Waals surface area contributed by atoms with Gasteiger partial charge >= 0.3 is 6.18 Å². The van der Waals surface area contributed by atoms with E-state index in [-0.39, 0.29) is 10.7 Å². The number of benzene rings is 1. The van der Waals surface area contributed by atoms with E-state index in [0.717, 1.165) is 12.5 Å². The molecule has 0 bridgehead atoms. The zero-order valence-corrected chi connectivity index (χ0v) is 19.3. The van der Waals surface area contributed by atoms with E-state index in [9.17, 15) is 21.6 Å². The summed E-state index contributed by atoms with van der Waals surface area (Å²) in [5.74, 6) is 0.0812. The van der Waals surface area contributed by atoms with Crippen LogP contribution in [-0.4, -0.2) is 30.4 Å². The molecule has 0 aliphatic carbocycles. The van der Waals surface area contributed by atoms with Gasteiger partial charge in [0.15, 0.2) is 15.5 Å². The Labute approximate surface area is 177 Å². The molecule has 0 atom stereocenters. The molecule has 0 amide bonds. The molecule has 1 heterocycles.